The molecule has 0 radical (unpaired) electrons. The lowest BCUT2D eigenvalue weighted by Gasteiger charge is -2.33. The summed E-state index contributed by atoms with van der Waals surface area (Å²) < 4.78 is 38.0. The van der Waals surface area contributed by atoms with Crippen molar-refractivity contribution >= 4 is 47.0 Å². The molecule has 64 heavy (non-hydrogen) atoms. The van der Waals surface area contributed by atoms with Crippen LogP contribution in [-0.4, -0.2) is 134 Å². The summed E-state index contributed by atoms with van der Waals surface area (Å²) in [5, 5.41) is 5.21. The summed E-state index contributed by atoms with van der Waals surface area (Å²) >= 11 is 0. The Kier molecular flexibility index (Phi) is 23.7. The molecule has 2 aliphatic rings. The molecular formula is C46H64F2N10O6. The minimum absolute atomic E-state index is 0. The predicted octanol–water partition coefficient (Wildman–Crippen LogP) is 7.84. The van der Waals surface area contributed by atoms with Gasteiger partial charge in [-0.15, -0.1) is 0 Å². The van der Waals surface area contributed by atoms with Gasteiger partial charge in [0.05, 0.1) is 49.4 Å². The Labute approximate surface area is 375 Å². The van der Waals surface area contributed by atoms with Crippen molar-refractivity contribution in [3.05, 3.63) is 107 Å². The lowest BCUT2D eigenvalue weighted by Crippen LogP contribution is -2.48. The maximum absolute atomic E-state index is 14.8. The maximum Gasteiger partial charge on any atom is 0.409 e. The molecule has 0 unspecified atom stereocenters. The first-order valence-electron chi connectivity index (χ1n) is 20.3. The zero-order valence-corrected chi connectivity index (χ0v) is 35.7. The number of amides is 4. The fourth-order valence-corrected chi connectivity index (χ4v) is 6.62. The van der Waals surface area contributed by atoms with E-state index in [1.54, 1.807) is 70.6 Å². The van der Waals surface area contributed by atoms with Crippen LogP contribution in [0.25, 0.3) is 0 Å². The van der Waals surface area contributed by atoms with Crippen LogP contribution in [0.1, 0.15) is 50.2 Å². The van der Waals surface area contributed by atoms with Crippen molar-refractivity contribution < 1.29 is 37.4 Å². The maximum atomic E-state index is 14.8. The summed E-state index contributed by atoms with van der Waals surface area (Å²) in [6.07, 6.45) is 6.83. The molecule has 2 saturated heterocycles. The highest BCUT2D eigenvalue weighted by Crippen LogP contribution is 2.21. The number of aliphatic imine (C=N–C) groups is 1. The van der Waals surface area contributed by atoms with Gasteiger partial charge in [0.15, 0.2) is 0 Å². The van der Waals surface area contributed by atoms with E-state index in [2.05, 4.69) is 35.4 Å². The smallest absolute Gasteiger partial charge is 0.409 e. The number of halogens is 2. The third-order valence-corrected chi connectivity index (χ3v) is 10.1. The molecule has 0 atom stereocenters. The number of nitrogens with two attached hydrogens (primary N) is 1. The molecule has 4 aromatic rings. The molecule has 2 aromatic carbocycles. The molecule has 4 heterocycles. The van der Waals surface area contributed by atoms with Crippen molar-refractivity contribution in [1.82, 2.24) is 29.6 Å². The highest BCUT2D eigenvalue weighted by Gasteiger charge is 2.22. The van der Waals surface area contributed by atoms with Gasteiger partial charge >= 0.3 is 18.2 Å². The average Bonchev–Trinajstić information content (AvgIpc) is 3.28. The molecule has 16 nitrogen and oxygen atoms in total. The summed E-state index contributed by atoms with van der Waals surface area (Å²) in [4.78, 5) is 64.2. The minimum Gasteiger partial charge on any atom is -0.453 e. The number of benzene rings is 2. The number of piperazine rings is 2. The molecule has 2 fully saturated rings. The van der Waals surface area contributed by atoms with Crippen LogP contribution in [0.4, 0.5) is 45.9 Å². The molecule has 4 amide bonds. The summed E-state index contributed by atoms with van der Waals surface area (Å²) in [5.41, 5.74) is 9.96. The third-order valence-electron chi connectivity index (χ3n) is 10.1. The van der Waals surface area contributed by atoms with Crippen molar-refractivity contribution in [3.8, 4) is 0 Å². The van der Waals surface area contributed by atoms with E-state index < -0.39 is 11.8 Å². The zero-order chi connectivity index (χ0) is 44.9. The van der Waals surface area contributed by atoms with Crippen LogP contribution < -0.4 is 16.4 Å². The quantitative estimate of drug-likeness (QED) is 0.0756. The molecule has 0 spiro atoms. The van der Waals surface area contributed by atoms with Gasteiger partial charge < -0.3 is 35.6 Å². The van der Waals surface area contributed by atoms with Gasteiger partial charge in [-0.2, -0.15) is 4.99 Å². The highest BCUT2D eigenvalue weighted by atomic mass is 19.1. The lowest BCUT2D eigenvalue weighted by molar-refractivity contribution is 0.0902. The molecule has 348 valence electrons. The number of pyridine rings is 2. The average molecular weight is 891 g/mol. The molecule has 6 rings (SSSR count). The number of rotatable bonds is 11. The first-order valence-corrected chi connectivity index (χ1v) is 20.3. The molecule has 0 bridgehead atoms. The highest BCUT2D eigenvalue weighted by molar-refractivity contribution is 5.99. The predicted molar refractivity (Wildman–Crippen MR) is 247 cm³/mol. The SMILES string of the molecule is C.C.COC(=O)N1CCN(CCCc2cccc(N)c2F)CC1.COC(=O)N1CCN(CCCc2cccc(NC(=O)Nc3ccc(C)nc3)c2F)CC1.Cc1ccc(N=C=O)cn1. The van der Waals surface area contributed by atoms with Crippen LogP contribution in [0.2, 0.25) is 0 Å². The zero-order valence-electron chi connectivity index (χ0n) is 35.7. The van der Waals surface area contributed by atoms with Crippen molar-refractivity contribution in [2.75, 3.05) is 96.0 Å². The largest absolute Gasteiger partial charge is 0.453 e. The van der Waals surface area contributed by atoms with Crippen LogP contribution in [0.5, 0.6) is 0 Å². The number of hydrogen-bond donors (Lipinski definition) is 3. The number of carbonyl (C=O) groups is 3. The van der Waals surface area contributed by atoms with Crippen molar-refractivity contribution in [3.63, 3.8) is 0 Å². The van der Waals surface area contributed by atoms with E-state index in [1.165, 1.54) is 32.6 Å². The number of isocyanates is 1. The fraction of sp³-hybridized carbons (Fsp3) is 0.435. The van der Waals surface area contributed by atoms with E-state index in [0.717, 1.165) is 63.5 Å². The molecule has 2 aromatic heterocycles. The summed E-state index contributed by atoms with van der Waals surface area (Å²) in [6.45, 7) is 11.2. The monoisotopic (exact) mass is 890 g/mol. The van der Waals surface area contributed by atoms with Gasteiger partial charge in [0, 0.05) is 63.7 Å². The topological polar surface area (TPSA) is 188 Å². The van der Waals surface area contributed by atoms with Crippen LogP contribution in [0.15, 0.2) is 78.0 Å². The number of nitrogens with zero attached hydrogens (tertiary/aromatic N) is 7. The number of anilines is 3. The Morgan fingerprint density at radius 3 is 1.67 bits per heavy atom. The van der Waals surface area contributed by atoms with Crippen molar-refractivity contribution in [2.45, 2.75) is 54.4 Å². The molecule has 18 heteroatoms. The standard InChI is InChI=1S/C22H28FN5O3.C15H22FN3O2.C7H6N2O.2CH4/c1-16-8-9-18(15-24-16)25-21(29)26-19-7-3-5-17(20(19)23)6-4-10-27-11-13-28(14-12-27)22(30)31-2;1-21-15(20)19-10-8-18(9-11-19)7-3-5-12-4-2-6-13(17)14(12)16;1-6-2-3-7(4-8-6)9-5-10;;/h3,5,7-9,15H,4,6,10-14H2,1-2H3,(H2,25,26,29);2,4,6H,3,5,7-11,17H2,1H3;2-4H,1H3;2*1H4. The number of ether oxygens (including phenoxy) is 2. The van der Waals surface area contributed by atoms with E-state index in [0.29, 0.717) is 61.5 Å². The molecular weight excluding hydrogens is 827 g/mol. The number of methoxy groups -OCH3 is 2. The van der Waals surface area contributed by atoms with Crippen LogP contribution in [0.3, 0.4) is 0 Å². The van der Waals surface area contributed by atoms with Gasteiger partial charge in [0.25, 0.3) is 0 Å². The number of urea groups is 1. The number of hydrogen-bond acceptors (Lipinski definition) is 12. The molecule has 4 N–H and O–H groups in total. The van der Waals surface area contributed by atoms with Crippen molar-refractivity contribution in [2.24, 2.45) is 4.99 Å². The minimum atomic E-state index is -0.523. The Bertz CT molecular complexity index is 2090. The summed E-state index contributed by atoms with van der Waals surface area (Å²) in [5.74, 6) is -0.719. The van der Waals surface area contributed by atoms with Gasteiger partial charge in [0.1, 0.15) is 11.6 Å². The molecule has 0 saturated carbocycles. The number of aromatic nitrogens is 2. The molecule has 0 aliphatic carbocycles. The number of carbonyl (C=O) groups excluding carboxylic acids is 4. The molecule has 2 aliphatic heterocycles. The van der Waals surface area contributed by atoms with E-state index in [4.69, 9.17) is 15.2 Å². The van der Waals surface area contributed by atoms with E-state index >= 15 is 0 Å². The Hall–Kier alpha value is -6.49. The number of aryl methyl sites for hydroxylation is 4. The fourth-order valence-electron chi connectivity index (χ4n) is 6.62. The summed E-state index contributed by atoms with van der Waals surface area (Å²) in [7, 11) is 2.78. The van der Waals surface area contributed by atoms with Gasteiger partial charge in [0.2, 0.25) is 6.08 Å². The number of nitrogen functional groups attached to an aromatic ring is 1. The van der Waals surface area contributed by atoms with Gasteiger partial charge in [-0.1, -0.05) is 39.1 Å². The van der Waals surface area contributed by atoms with Crippen LogP contribution >= 0.6 is 0 Å². The van der Waals surface area contributed by atoms with Gasteiger partial charge in [-0.25, -0.2) is 28.0 Å². The van der Waals surface area contributed by atoms with Gasteiger partial charge in [-0.05, 0) is 100 Å². The number of nitrogens with one attached hydrogen (secondary N) is 2. The second-order valence-corrected chi connectivity index (χ2v) is 14.5. The van der Waals surface area contributed by atoms with Gasteiger partial charge in [-0.3, -0.25) is 19.8 Å². The normalized spacial score (nSPS) is 13.5. The first-order chi connectivity index (χ1) is 29.9. The van der Waals surface area contributed by atoms with Crippen LogP contribution in [-0.2, 0) is 27.1 Å². The Morgan fingerprint density at radius 2 is 1.20 bits per heavy atom. The second kappa shape index (κ2) is 28.2. The van der Waals surface area contributed by atoms with E-state index in [1.807, 2.05) is 13.8 Å². The lowest BCUT2D eigenvalue weighted by atomic mass is 10.1. The van der Waals surface area contributed by atoms with E-state index in [-0.39, 0.29) is 44.2 Å². The van der Waals surface area contributed by atoms with Crippen LogP contribution in [0, 0.1) is 25.5 Å². The van der Waals surface area contributed by atoms with Crippen molar-refractivity contribution in [1.29, 1.82) is 0 Å². The van der Waals surface area contributed by atoms with E-state index in [9.17, 15) is 28.0 Å². The Morgan fingerprint density at radius 1 is 0.703 bits per heavy atom. The second-order valence-electron chi connectivity index (χ2n) is 14.5. The third kappa shape index (κ3) is 17.7. The summed E-state index contributed by atoms with van der Waals surface area (Å²) in [6, 6.07) is 16.6. The Balaban J connectivity index is 0.000000368. The first kappa shape index (κ1) is 53.6.